The number of rotatable bonds is 3. The van der Waals surface area contributed by atoms with E-state index in [-0.39, 0.29) is 5.82 Å². The molecule has 0 aliphatic carbocycles. The minimum atomic E-state index is -5.05. The molecule has 2 rings (SSSR count). The maximum atomic E-state index is 12.1. The van der Waals surface area contributed by atoms with E-state index in [1.165, 1.54) is 6.07 Å². The summed E-state index contributed by atoms with van der Waals surface area (Å²) in [5, 5.41) is 10.9. The van der Waals surface area contributed by atoms with Crippen LogP contribution in [0, 0.1) is 0 Å². The first-order valence-corrected chi connectivity index (χ1v) is 5.79. The van der Waals surface area contributed by atoms with Crippen molar-refractivity contribution in [1.29, 1.82) is 0 Å². The predicted octanol–water partition coefficient (Wildman–Crippen LogP) is 0.462. The van der Waals surface area contributed by atoms with Crippen LogP contribution >= 0.6 is 0 Å². The van der Waals surface area contributed by atoms with Crippen LogP contribution in [0.4, 0.5) is 13.2 Å². The van der Waals surface area contributed by atoms with Crippen molar-refractivity contribution in [1.82, 2.24) is 15.3 Å². The van der Waals surface area contributed by atoms with E-state index >= 15 is 0 Å². The van der Waals surface area contributed by atoms with Gasteiger partial charge < -0.3 is 15.4 Å². The number of nitrogens with zero attached hydrogens (tertiary/aromatic N) is 1. The van der Waals surface area contributed by atoms with Crippen LogP contribution in [-0.2, 0) is 11.3 Å². The third kappa shape index (κ3) is 3.37. The molecule has 0 aliphatic heterocycles. The van der Waals surface area contributed by atoms with Crippen LogP contribution in [0.1, 0.15) is 5.82 Å². The second-order valence-corrected chi connectivity index (χ2v) is 4.19. The standard InChI is InChI=1S/C12H10F3N3O3/c13-12(14,15)9(19)11(21)16-5-8-17-7-4-2-1-3-6(7)10(20)18-8/h1-4,9,19H,5H2,(H,16,21)(H,17,18,20). The first-order chi connectivity index (χ1) is 9.79. The molecule has 9 heteroatoms. The molecule has 1 atom stereocenters. The smallest absolute Gasteiger partial charge is 0.376 e. The van der Waals surface area contributed by atoms with E-state index in [4.69, 9.17) is 5.11 Å². The van der Waals surface area contributed by atoms with Crippen LogP contribution in [0.25, 0.3) is 10.9 Å². The highest BCUT2D eigenvalue weighted by Crippen LogP contribution is 2.19. The van der Waals surface area contributed by atoms with Crippen LogP contribution < -0.4 is 10.9 Å². The molecule has 1 heterocycles. The zero-order valence-electron chi connectivity index (χ0n) is 10.4. The van der Waals surface area contributed by atoms with E-state index in [0.717, 1.165) is 0 Å². The number of para-hydroxylation sites is 1. The zero-order valence-corrected chi connectivity index (χ0v) is 10.4. The molecule has 112 valence electrons. The molecule has 0 saturated carbocycles. The molecule has 1 unspecified atom stereocenters. The van der Waals surface area contributed by atoms with Gasteiger partial charge in [0.25, 0.3) is 11.5 Å². The molecule has 0 aliphatic rings. The number of benzene rings is 1. The Hall–Kier alpha value is -2.42. The fourth-order valence-corrected chi connectivity index (χ4v) is 1.63. The highest BCUT2D eigenvalue weighted by molar-refractivity contribution is 5.81. The van der Waals surface area contributed by atoms with E-state index < -0.39 is 30.3 Å². The summed E-state index contributed by atoms with van der Waals surface area (Å²) >= 11 is 0. The number of aromatic nitrogens is 2. The molecule has 0 spiro atoms. The largest absolute Gasteiger partial charge is 0.423 e. The van der Waals surface area contributed by atoms with Gasteiger partial charge in [0.05, 0.1) is 17.4 Å². The highest BCUT2D eigenvalue weighted by Gasteiger charge is 2.43. The Kier molecular flexibility index (Phi) is 3.94. The molecule has 6 nitrogen and oxygen atoms in total. The summed E-state index contributed by atoms with van der Waals surface area (Å²) in [5.74, 6) is -1.63. The third-order valence-electron chi connectivity index (χ3n) is 2.65. The fraction of sp³-hybridized carbons (Fsp3) is 0.250. The molecule has 0 bridgehead atoms. The maximum absolute atomic E-state index is 12.1. The molecular weight excluding hydrogens is 291 g/mol. The van der Waals surface area contributed by atoms with E-state index in [2.05, 4.69) is 9.97 Å². The maximum Gasteiger partial charge on any atom is 0.423 e. The van der Waals surface area contributed by atoms with Crippen molar-refractivity contribution in [3.05, 3.63) is 40.4 Å². The van der Waals surface area contributed by atoms with Gasteiger partial charge >= 0.3 is 6.18 Å². The lowest BCUT2D eigenvalue weighted by Gasteiger charge is -2.14. The van der Waals surface area contributed by atoms with Crippen molar-refractivity contribution < 1.29 is 23.1 Å². The van der Waals surface area contributed by atoms with Crippen LogP contribution in [0.5, 0.6) is 0 Å². The van der Waals surface area contributed by atoms with E-state index in [0.29, 0.717) is 10.9 Å². The van der Waals surface area contributed by atoms with Crippen molar-refractivity contribution in [2.45, 2.75) is 18.8 Å². The molecule has 3 N–H and O–H groups in total. The summed E-state index contributed by atoms with van der Waals surface area (Å²) in [6.07, 6.45) is -8.17. The van der Waals surface area contributed by atoms with Gasteiger partial charge in [-0.2, -0.15) is 13.2 Å². The van der Waals surface area contributed by atoms with Crippen molar-refractivity contribution >= 4 is 16.8 Å². The topological polar surface area (TPSA) is 95.1 Å². The number of nitrogens with one attached hydrogen (secondary N) is 2. The Labute approximate surface area is 115 Å². The molecule has 0 radical (unpaired) electrons. The number of carbonyl (C=O) groups excluding carboxylic acids is 1. The molecule has 1 aromatic heterocycles. The normalized spacial score (nSPS) is 13.1. The molecule has 2 aromatic rings. The lowest BCUT2D eigenvalue weighted by atomic mass is 10.2. The second-order valence-electron chi connectivity index (χ2n) is 4.19. The number of aliphatic hydroxyl groups excluding tert-OH is 1. The highest BCUT2D eigenvalue weighted by atomic mass is 19.4. The number of halogens is 3. The van der Waals surface area contributed by atoms with Crippen LogP contribution in [0.15, 0.2) is 29.1 Å². The zero-order chi connectivity index (χ0) is 15.6. The fourth-order valence-electron chi connectivity index (χ4n) is 1.63. The lowest BCUT2D eigenvalue weighted by molar-refractivity contribution is -0.205. The molecule has 0 saturated heterocycles. The van der Waals surface area contributed by atoms with Crippen molar-refractivity contribution in [2.75, 3.05) is 0 Å². The van der Waals surface area contributed by atoms with Crippen molar-refractivity contribution in [3.8, 4) is 0 Å². The van der Waals surface area contributed by atoms with Gasteiger partial charge in [0.2, 0.25) is 6.10 Å². The third-order valence-corrected chi connectivity index (χ3v) is 2.65. The first-order valence-electron chi connectivity index (χ1n) is 5.79. The van der Waals surface area contributed by atoms with Gasteiger partial charge in [-0.05, 0) is 12.1 Å². The van der Waals surface area contributed by atoms with Gasteiger partial charge in [0, 0.05) is 0 Å². The van der Waals surface area contributed by atoms with Gasteiger partial charge in [-0.15, -0.1) is 0 Å². The van der Waals surface area contributed by atoms with E-state index in [1.54, 1.807) is 18.2 Å². The average molecular weight is 301 g/mol. The predicted molar refractivity (Wildman–Crippen MR) is 66.3 cm³/mol. The van der Waals surface area contributed by atoms with Gasteiger partial charge in [0.15, 0.2) is 0 Å². The molecule has 1 amide bonds. The van der Waals surface area contributed by atoms with Gasteiger partial charge in [-0.1, -0.05) is 12.1 Å². The SMILES string of the molecule is O=C(NCc1nc2ccccc2c(=O)[nH]1)C(O)C(F)(F)F. The quantitative estimate of drug-likeness (QED) is 0.767. The number of hydrogen-bond acceptors (Lipinski definition) is 4. The summed E-state index contributed by atoms with van der Waals surface area (Å²) in [6, 6.07) is 6.38. The number of alkyl halides is 3. The van der Waals surface area contributed by atoms with Crippen LogP contribution in [0.2, 0.25) is 0 Å². The number of amides is 1. The number of hydrogen-bond donors (Lipinski definition) is 3. The molecule has 21 heavy (non-hydrogen) atoms. The van der Waals surface area contributed by atoms with Crippen LogP contribution in [0.3, 0.4) is 0 Å². The Morgan fingerprint density at radius 2 is 2.05 bits per heavy atom. The van der Waals surface area contributed by atoms with Crippen LogP contribution in [-0.4, -0.2) is 33.3 Å². The number of fused-ring (bicyclic) bond motifs is 1. The summed E-state index contributed by atoms with van der Waals surface area (Å²) in [7, 11) is 0. The minimum absolute atomic E-state index is 0.0126. The summed E-state index contributed by atoms with van der Waals surface area (Å²) < 4.78 is 36.3. The van der Waals surface area contributed by atoms with E-state index in [1.807, 2.05) is 5.32 Å². The molecule has 0 fully saturated rings. The minimum Gasteiger partial charge on any atom is -0.376 e. The summed E-state index contributed by atoms with van der Waals surface area (Å²) in [5.41, 5.74) is -0.122. The summed E-state index contributed by atoms with van der Waals surface area (Å²) in [4.78, 5) is 29.1. The Bertz CT molecular complexity index is 727. The number of carbonyl (C=O) groups is 1. The molecular formula is C12H10F3N3O3. The lowest BCUT2D eigenvalue weighted by Crippen LogP contribution is -2.44. The molecule has 1 aromatic carbocycles. The monoisotopic (exact) mass is 301 g/mol. The average Bonchev–Trinajstić information content (AvgIpc) is 2.43. The van der Waals surface area contributed by atoms with Crippen molar-refractivity contribution in [3.63, 3.8) is 0 Å². The van der Waals surface area contributed by atoms with Crippen molar-refractivity contribution in [2.24, 2.45) is 0 Å². The van der Waals surface area contributed by atoms with E-state index in [9.17, 15) is 22.8 Å². The Morgan fingerprint density at radius 3 is 2.71 bits per heavy atom. The number of aromatic amines is 1. The Balaban J connectivity index is 2.14. The Morgan fingerprint density at radius 1 is 1.38 bits per heavy atom. The number of aliphatic hydroxyl groups is 1. The summed E-state index contributed by atoms with van der Waals surface area (Å²) in [6.45, 7) is -0.438. The van der Waals surface area contributed by atoms with Gasteiger partial charge in [-0.25, -0.2) is 4.98 Å². The second kappa shape index (κ2) is 5.52. The first kappa shape index (κ1) is 15.0. The van der Waals surface area contributed by atoms with Gasteiger partial charge in [0.1, 0.15) is 5.82 Å². The number of H-pyrrole nitrogens is 1. The van der Waals surface area contributed by atoms with Gasteiger partial charge in [-0.3, -0.25) is 9.59 Å².